The zero-order valence-corrected chi connectivity index (χ0v) is 17.7. The van der Waals surface area contributed by atoms with Crippen LogP contribution in [0.4, 0.5) is 15.8 Å². The maximum absolute atomic E-state index is 14.1. The van der Waals surface area contributed by atoms with E-state index in [0.29, 0.717) is 28.4 Å². The standard InChI is InChI=1S/C24H21FN2O3S/c1-16-10-11-19(13-21(16)25)27-23(29)15-31-24(27)17-6-5-7-18(12-17)26-22(28)14-30-20-8-3-2-4-9-20/h2-13,24H,14-15H2,1H3,(H,26,28). The van der Waals surface area contributed by atoms with E-state index in [9.17, 15) is 14.0 Å². The van der Waals surface area contributed by atoms with Crippen LogP contribution in [0, 0.1) is 12.7 Å². The van der Waals surface area contributed by atoms with Crippen LogP contribution in [-0.4, -0.2) is 24.2 Å². The van der Waals surface area contributed by atoms with Crippen molar-refractivity contribution in [2.75, 3.05) is 22.6 Å². The molecule has 0 aliphatic carbocycles. The molecule has 1 aliphatic rings. The van der Waals surface area contributed by atoms with Crippen LogP contribution < -0.4 is 15.0 Å². The van der Waals surface area contributed by atoms with E-state index in [2.05, 4.69) is 5.32 Å². The van der Waals surface area contributed by atoms with Crippen LogP contribution in [0.3, 0.4) is 0 Å². The molecule has 0 saturated carbocycles. The molecular weight excluding hydrogens is 415 g/mol. The summed E-state index contributed by atoms with van der Waals surface area (Å²) in [6.45, 7) is 1.57. The fourth-order valence-corrected chi connectivity index (χ4v) is 4.48. The number of hydrogen-bond donors (Lipinski definition) is 1. The Hall–Kier alpha value is -3.32. The predicted molar refractivity (Wildman–Crippen MR) is 121 cm³/mol. The Morgan fingerprint density at radius 3 is 2.71 bits per heavy atom. The lowest BCUT2D eigenvalue weighted by atomic mass is 10.1. The second-order valence-electron chi connectivity index (χ2n) is 7.14. The SMILES string of the molecule is Cc1ccc(N2C(=O)CSC2c2cccc(NC(=O)COc3ccccc3)c2)cc1F. The van der Waals surface area contributed by atoms with Crippen molar-refractivity contribution >= 4 is 35.0 Å². The van der Waals surface area contributed by atoms with E-state index in [1.54, 1.807) is 42.2 Å². The molecule has 4 rings (SSSR count). The molecule has 1 fully saturated rings. The minimum absolute atomic E-state index is 0.0797. The third kappa shape index (κ3) is 4.88. The molecule has 3 aromatic carbocycles. The van der Waals surface area contributed by atoms with Gasteiger partial charge in [0.1, 0.15) is 16.9 Å². The Bertz CT molecular complexity index is 1110. The predicted octanol–water partition coefficient (Wildman–Crippen LogP) is 4.93. The number of carbonyl (C=O) groups is 2. The lowest BCUT2D eigenvalue weighted by molar-refractivity contribution is -0.118. The topological polar surface area (TPSA) is 58.6 Å². The maximum Gasteiger partial charge on any atom is 0.262 e. The number of nitrogens with one attached hydrogen (secondary N) is 1. The van der Waals surface area contributed by atoms with Gasteiger partial charge in [0.15, 0.2) is 6.61 Å². The Labute approximate surface area is 184 Å². The van der Waals surface area contributed by atoms with Gasteiger partial charge in [0.2, 0.25) is 5.91 Å². The van der Waals surface area contributed by atoms with Crippen LogP contribution in [-0.2, 0) is 9.59 Å². The molecule has 7 heteroatoms. The number of nitrogens with zero attached hydrogens (tertiary/aromatic N) is 1. The van der Waals surface area contributed by atoms with E-state index >= 15 is 0 Å². The molecule has 0 aromatic heterocycles. The summed E-state index contributed by atoms with van der Waals surface area (Å²) in [5.74, 6) is 0.216. The molecule has 2 amide bonds. The highest BCUT2D eigenvalue weighted by Crippen LogP contribution is 2.42. The van der Waals surface area contributed by atoms with Crippen LogP contribution in [0.25, 0.3) is 0 Å². The fourth-order valence-electron chi connectivity index (χ4n) is 3.31. The summed E-state index contributed by atoms with van der Waals surface area (Å²) in [5.41, 5.74) is 2.50. The minimum atomic E-state index is -0.347. The highest BCUT2D eigenvalue weighted by molar-refractivity contribution is 8.00. The van der Waals surface area contributed by atoms with E-state index in [0.717, 1.165) is 5.56 Å². The Kier molecular flexibility index (Phi) is 6.23. The van der Waals surface area contributed by atoms with Gasteiger partial charge in [-0.1, -0.05) is 36.4 Å². The smallest absolute Gasteiger partial charge is 0.262 e. The summed E-state index contributed by atoms with van der Waals surface area (Å²) >= 11 is 1.47. The molecule has 1 unspecified atom stereocenters. The van der Waals surface area contributed by atoms with Gasteiger partial charge in [-0.25, -0.2) is 4.39 Å². The number of thioether (sulfide) groups is 1. The van der Waals surface area contributed by atoms with Crippen LogP contribution >= 0.6 is 11.8 Å². The van der Waals surface area contributed by atoms with E-state index in [4.69, 9.17) is 4.74 Å². The number of carbonyl (C=O) groups excluding carboxylic acids is 2. The largest absolute Gasteiger partial charge is 0.484 e. The van der Waals surface area contributed by atoms with Gasteiger partial charge in [-0.05, 0) is 54.4 Å². The van der Waals surface area contributed by atoms with Crippen molar-refractivity contribution in [2.24, 2.45) is 0 Å². The highest BCUT2D eigenvalue weighted by atomic mass is 32.2. The molecule has 0 radical (unpaired) electrons. The molecule has 1 heterocycles. The van der Waals surface area contributed by atoms with Crippen LogP contribution in [0.5, 0.6) is 5.75 Å². The fraction of sp³-hybridized carbons (Fsp3) is 0.167. The molecule has 0 bridgehead atoms. The van der Waals surface area contributed by atoms with E-state index in [-0.39, 0.29) is 29.6 Å². The first-order valence-electron chi connectivity index (χ1n) is 9.79. The minimum Gasteiger partial charge on any atom is -0.484 e. The number of aryl methyl sites for hydroxylation is 1. The van der Waals surface area contributed by atoms with Gasteiger partial charge in [0.25, 0.3) is 5.91 Å². The van der Waals surface area contributed by atoms with Gasteiger partial charge in [0.05, 0.1) is 5.75 Å². The number of benzene rings is 3. The molecule has 1 N–H and O–H groups in total. The van der Waals surface area contributed by atoms with Crippen molar-refractivity contribution in [1.29, 1.82) is 0 Å². The quantitative estimate of drug-likeness (QED) is 0.595. The van der Waals surface area contributed by atoms with E-state index in [1.807, 2.05) is 36.4 Å². The number of rotatable bonds is 6. The molecule has 1 aliphatic heterocycles. The van der Waals surface area contributed by atoms with Crippen molar-refractivity contribution in [3.8, 4) is 5.75 Å². The zero-order valence-electron chi connectivity index (χ0n) is 16.9. The number of halogens is 1. The Morgan fingerprint density at radius 2 is 1.94 bits per heavy atom. The van der Waals surface area contributed by atoms with Crippen molar-refractivity contribution in [2.45, 2.75) is 12.3 Å². The van der Waals surface area contributed by atoms with Crippen molar-refractivity contribution in [1.82, 2.24) is 0 Å². The summed E-state index contributed by atoms with van der Waals surface area (Å²) < 4.78 is 19.6. The van der Waals surface area contributed by atoms with Crippen molar-refractivity contribution in [3.05, 3.63) is 89.7 Å². The van der Waals surface area contributed by atoms with Crippen molar-refractivity contribution in [3.63, 3.8) is 0 Å². The zero-order chi connectivity index (χ0) is 21.8. The lowest BCUT2D eigenvalue weighted by Crippen LogP contribution is -2.28. The summed E-state index contributed by atoms with van der Waals surface area (Å²) in [7, 11) is 0. The summed E-state index contributed by atoms with van der Waals surface area (Å²) in [6.07, 6.45) is 0. The third-order valence-electron chi connectivity index (χ3n) is 4.87. The molecule has 31 heavy (non-hydrogen) atoms. The number of hydrogen-bond acceptors (Lipinski definition) is 4. The number of anilines is 2. The average molecular weight is 437 g/mol. The molecule has 0 spiro atoms. The van der Waals surface area contributed by atoms with Crippen molar-refractivity contribution < 1.29 is 18.7 Å². The number of amides is 2. The first-order chi connectivity index (χ1) is 15.0. The number of ether oxygens (including phenoxy) is 1. The molecule has 1 saturated heterocycles. The second kappa shape index (κ2) is 9.22. The van der Waals surface area contributed by atoms with Crippen LogP contribution in [0.15, 0.2) is 72.8 Å². The van der Waals surface area contributed by atoms with Gasteiger partial charge in [0, 0.05) is 11.4 Å². The van der Waals surface area contributed by atoms with E-state index in [1.165, 1.54) is 17.8 Å². The third-order valence-corrected chi connectivity index (χ3v) is 6.08. The van der Waals surface area contributed by atoms with Gasteiger partial charge in [-0.2, -0.15) is 0 Å². The summed E-state index contributed by atoms with van der Waals surface area (Å²) in [4.78, 5) is 26.4. The molecule has 1 atom stereocenters. The Morgan fingerprint density at radius 1 is 1.13 bits per heavy atom. The van der Waals surface area contributed by atoms with Crippen LogP contribution in [0.2, 0.25) is 0 Å². The average Bonchev–Trinajstić information content (AvgIpc) is 3.16. The molecular formula is C24H21FN2O3S. The number of para-hydroxylation sites is 1. The lowest BCUT2D eigenvalue weighted by Gasteiger charge is -2.25. The maximum atomic E-state index is 14.1. The van der Waals surface area contributed by atoms with Gasteiger partial charge >= 0.3 is 0 Å². The first kappa shape index (κ1) is 20.9. The second-order valence-corrected chi connectivity index (χ2v) is 8.20. The van der Waals surface area contributed by atoms with Gasteiger partial charge < -0.3 is 10.1 Å². The molecule has 158 valence electrons. The van der Waals surface area contributed by atoms with Gasteiger partial charge in [-0.15, -0.1) is 11.8 Å². The normalized spacial score (nSPS) is 15.7. The van der Waals surface area contributed by atoms with Gasteiger partial charge in [-0.3, -0.25) is 14.5 Å². The summed E-state index contributed by atoms with van der Waals surface area (Å²) in [5, 5.41) is 2.52. The molecule has 3 aromatic rings. The van der Waals surface area contributed by atoms with Crippen LogP contribution in [0.1, 0.15) is 16.5 Å². The monoisotopic (exact) mass is 436 g/mol. The van der Waals surface area contributed by atoms with E-state index < -0.39 is 0 Å². The highest BCUT2D eigenvalue weighted by Gasteiger charge is 2.34. The molecule has 5 nitrogen and oxygen atoms in total. The Balaban J connectivity index is 1.48. The first-order valence-corrected chi connectivity index (χ1v) is 10.8. The summed E-state index contributed by atoms with van der Waals surface area (Å²) in [6, 6.07) is 21.2.